The van der Waals surface area contributed by atoms with Gasteiger partial charge in [-0.05, 0) is 64.7 Å². The van der Waals surface area contributed by atoms with E-state index < -0.39 is 72.3 Å². The number of aliphatic hydroxyl groups excluding tert-OH is 3. The number of carbonyl (C=O) groups excluding carboxylic acids is 2. The molecule has 3 aromatic rings. The fourth-order valence-corrected chi connectivity index (χ4v) is 6.84. The molecule has 308 valence electrons. The molecule has 4 rings (SSSR count). The van der Waals surface area contributed by atoms with Crippen molar-refractivity contribution in [2.45, 2.75) is 128 Å². The van der Waals surface area contributed by atoms with Gasteiger partial charge in [-0.3, -0.25) is 14.9 Å². The summed E-state index contributed by atoms with van der Waals surface area (Å²) < 4.78 is 32.0. The number of aliphatic hydroxyl groups is 3. The SMILES string of the molecule is CC(C)(C)OC(=O)CC[C@H]1[C@@H](OCc2ccccc2)[C@@H](NCC(=O)OC(C)(C)C)[C@@H](OCc2ccccc2)[C@@H](NC[C@H](O)[C@H](O)CO)[C@H]1OCc1ccccc1. The average molecular weight is 779 g/mol. The van der Waals surface area contributed by atoms with Gasteiger partial charge in [0.1, 0.15) is 17.3 Å². The highest BCUT2D eigenvalue weighted by Gasteiger charge is 2.53. The van der Waals surface area contributed by atoms with Crippen LogP contribution in [0, 0.1) is 5.92 Å². The van der Waals surface area contributed by atoms with Gasteiger partial charge in [0.2, 0.25) is 0 Å². The second-order valence-corrected chi connectivity index (χ2v) is 16.3. The lowest BCUT2D eigenvalue weighted by atomic mass is 9.73. The number of nitrogens with one attached hydrogen (secondary N) is 2. The molecule has 0 heterocycles. The molecular weight excluding hydrogens is 716 g/mol. The predicted molar refractivity (Wildman–Crippen MR) is 212 cm³/mol. The van der Waals surface area contributed by atoms with Gasteiger partial charge < -0.3 is 44.3 Å². The molecule has 0 amide bonds. The third-order valence-electron chi connectivity index (χ3n) is 9.31. The normalized spacial score (nSPS) is 22.6. The predicted octanol–water partition coefficient (Wildman–Crippen LogP) is 4.47. The van der Waals surface area contributed by atoms with Crippen LogP contribution < -0.4 is 10.6 Å². The molecule has 3 aromatic carbocycles. The van der Waals surface area contributed by atoms with Crippen molar-refractivity contribution in [1.29, 1.82) is 0 Å². The molecule has 1 saturated carbocycles. The summed E-state index contributed by atoms with van der Waals surface area (Å²) in [6.07, 6.45) is -4.55. The molecule has 0 saturated heterocycles. The zero-order chi connectivity index (χ0) is 40.7. The maximum Gasteiger partial charge on any atom is 0.320 e. The van der Waals surface area contributed by atoms with Gasteiger partial charge >= 0.3 is 11.9 Å². The molecule has 0 bridgehead atoms. The van der Waals surface area contributed by atoms with Crippen molar-refractivity contribution in [1.82, 2.24) is 10.6 Å². The monoisotopic (exact) mass is 778 g/mol. The summed E-state index contributed by atoms with van der Waals surface area (Å²) in [5.74, 6) is -1.35. The van der Waals surface area contributed by atoms with Crippen molar-refractivity contribution < 1.29 is 48.6 Å². The van der Waals surface area contributed by atoms with Crippen LogP contribution in [0.15, 0.2) is 91.0 Å². The van der Waals surface area contributed by atoms with Gasteiger partial charge in [-0.15, -0.1) is 0 Å². The van der Waals surface area contributed by atoms with Crippen molar-refractivity contribution in [3.8, 4) is 0 Å². The summed E-state index contributed by atoms with van der Waals surface area (Å²) in [4.78, 5) is 26.6. The Morgan fingerprint density at radius 3 is 1.45 bits per heavy atom. The maximum absolute atomic E-state index is 13.3. The fourth-order valence-electron chi connectivity index (χ4n) is 6.84. The Labute approximate surface area is 331 Å². The molecule has 12 heteroatoms. The van der Waals surface area contributed by atoms with E-state index >= 15 is 0 Å². The minimum atomic E-state index is -1.40. The first-order valence-electron chi connectivity index (χ1n) is 19.5. The Morgan fingerprint density at radius 1 is 0.607 bits per heavy atom. The van der Waals surface area contributed by atoms with Crippen molar-refractivity contribution in [3.63, 3.8) is 0 Å². The van der Waals surface area contributed by atoms with Gasteiger partial charge in [0.25, 0.3) is 0 Å². The van der Waals surface area contributed by atoms with E-state index in [-0.39, 0.29) is 51.7 Å². The summed E-state index contributed by atoms with van der Waals surface area (Å²) in [6.45, 7) is 10.5. The van der Waals surface area contributed by atoms with Crippen molar-refractivity contribution in [2.24, 2.45) is 5.92 Å². The van der Waals surface area contributed by atoms with Gasteiger partial charge in [-0.1, -0.05) is 91.0 Å². The molecule has 0 spiro atoms. The summed E-state index contributed by atoms with van der Waals surface area (Å²) >= 11 is 0. The highest BCUT2D eigenvalue weighted by molar-refractivity contribution is 5.72. The van der Waals surface area contributed by atoms with Crippen LogP contribution >= 0.6 is 0 Å². The Balaban J connectivity index is 1.84. The molecule has 5 N–H and O–H groups in total. The van der Waals surface area contributed by atoms with Crippen LogP contribution in [-0.2, 0) is 53.1 Å². The molecule has 0 aliphatic heterocycles. The minimum Gasteiger partial charge on any atom is -0.460 e. The van der Waals surface area contributed by atoms with Crippen LogP contribution in [0.5, 0.6) is 0 Å². The molecule has 0 unspecified atom stereocenters. The molecule has 1 fully saturated rings. The standard InChI is InChI=1S/C44H62N2O10/c1-43(2,3)55-36(50)23-22-33-40(52-27-30-16-10-7-11-17-30)38(45-24-34(48)35(49)26-47)42(54-29-32-20-14-9-15-21-32)39(46-25-37(51)56-44(4,5)6)41(33)53-28-31-18-12-8-13-19-31/h7-21,33-35,38-42,45-49H,22-29H2,1-6H3/t33-,34+,35-,38+,39-,40+,41-,42+/m1/s1. The molecule has 1 aliphatic rings. The molecule has 0 aromatic heterocycles. The van der Waals surface area contributed by atoms with Crippen molar-refractivity contribution in [3.05, 3.63) is 108 Å². The quantitative estimate of drug-likeness (QED) is 0.103. The van der Waals surface area contributed by atoms with Gasteiger partial charge in [0, 0.05) is 18.9 Å². The van der Waals surface area contributed by atoms with Crippen LogP contribution in [0.25, 0.3) is 0 Å². The number of rotatable bonds is 20. The van der Waals surface area contributed by atoms with E-state index in [9.17, 15) is 24.9 Å². The first-order valence-corrected chi connectivity index (χ1v) is 19.5. The van der Waals surface area contributed by atoms with E-state index in [0.29, 0.717) is 0 Å². The smallest absolute Gasteiger partial charge is 0.320 e. The molecule has 1 aliphatic carbocycles. The second kappa shape index (κ2) is 21.7. The van der Waals surface area contributed by atoms with Crippen LogP contribution in [0.2, 0.25) is 0 Å². The van der Waals surface area contributed by atoms with Crippen LogP contribution in [0.3, 0.4) is 0 Å². The highest BCUT2D eigenvalue weighted by atomic mass is 16.6. The van der Waals surface area contributed by atoms with Crippen molar-refractivity contribution in [2.75, 3.05) is 19.7 Å². The lowest BCUT2D eigenvalue weighted by molar-refractivity contribution is -0.184. The van der Waals surface area contributed by atoms with E-state index in [2.05, 4.69) is 10.6 Å². The average Bonchev–Trinajstić information content (AvgIpc) is 3.15. The van der Waals surface area contributed by atoms with Gasteiger partial charge in [0.05, 0.1) is 69.5 Å². The molecular formula is C44H62N2O10. The Morgan fingerprint density at radius 2 is 1.02 bits per heavy atom. The number of benzene rings is 3. The third kappa shape index (κ3) is 15.0. The fraction of sp³-hybridized carbons (Fsp3) is 0.545. The number of esters is 2. The minimum absolute atomic E-state index is 0.0469. The first-order chi connectivity index (χ1) is 26.6. The zero-order valence-electron chi connectivity index (χ0n) is 33.6. The number of ether oxygens (including phenoxy) is 5. The van der Waals surface area contributed by atoms with E-state index in [0.717, 1.165) is 16.7 Å². The van der Waals surface area contributed by atoms with Gasteiger partial charge in [0.15, 0.2) is 0 Å². The van der Waals surface area contributed by atoms with Crippen LogP contribution in [-0.4, -0.2) is 101 Å². The topological polar surface area (TPSA) is 165 Å². The lowest BCUT2D eigenvalue weighted by Crippen LogP contribution is -2.71. The molecule has 12 nitrogen and oxygen atoms in total. The van der Waals surface area contributed by atoms with E-state index in [4.69, 9.17) is 23.7 Å². The molecule has 56 heavy (non-hydrogen) atoms. The highest BCUT2D eigenvalue weighted by Crippen LogP contribution is 2.37. The Bertz CT molecular complexity index is 1490. The van der Waals surface area contributed by atoms with Crippen LogP contribution in [0.4, 0.5) is 0 Å². The lowest BCUT2D eigenvalue weighted by Gasteiger charge is -2.51. The van der Waals surface area contributed by atoms with Crippen molar-refractivity contribution >= 4 is 11.9 Å². The first kappa shape index (κ1) is 45.0. The third-order valence-corrected chi connectivity index (χ3v) is 9.31. The molecule has 8 atom stereocenters. The maximum atomic E-state index is 13.3. The summed E-state index contributed by atoms with van der Waals surface area (Å²) in [6, 6.07) is 27.7. The van der Waals surface area contributed by atoms with Gasteiger partial charge in [-0.25, -0.2) is 0 Å². The van der Waals surface area contributed by atoms with E-state index in [1.54, 1.807) is 20.8 Å². The Hall–Kier alpha value is -3.72. The largest absolute Gasteiger partial charge is 0.460 e. The van der Waals surface area contributed by atoms with Gasteiger partial charge in [-0.2, -0.15) is 0 Å². The number of hydrogen-bond acceptors (Lipinski definition) is 12. The Kier molecular flexibility index (Phi) is 17.4. The number of carbonyl (C=O) groups is 2. The summed E-state index contributed by atoms with van der Waals surface area (Å²) in [5.41, 5.74) is 1.33. The van der Waals surface area contributed by atoms with Crippen LogP contribution in [0.1, 0.15) is 71.1 Å². The summed E-state index contributed by atoms with van der Waals surface area (Å²) in [5, 5.41) is 37.7. The zero-order valence-corrected chi connectivity index (χ0v) is 33.6. The number of hydrogen-bond donors (Lipinski definition) is 5. The second-order valence-electron chi connectivity index (χ2n) is 16.3. The summed E-state index contributed by atoms with van der Waals surface area (Å²) in [7, 11) is 0. The van der Waals surface area contributed by atoms with E-state index in [1.165, 1.54) is 0 Å². The van der Waals surface area contributed by atoms with E-state index in [1.807, 2.05) is 112 Å². The molecule has 0 radical (unpaired) electrons.